The number of nitrogens with one attached hydrogen (secondary N) is 1. The lowest BCUT2D eigenvalue weighted by molar-refractivity contribution is 0.705. The molecule has 0 saturated heterocycles. The molecule has 0 radical (unpaired) electrons. The summed E-state index contributed by atoms with van der Waals surface area (Å²) in [7, 11) is 1.72. The Morgan fingerprint density at radius 2 is 2.16 bits per heavy atom. The minimum Gasteiger partial charge on any atom is -0.370 e. The van der Waals surface area contributed by atoms with Crippen LogP contribution in [0.2, 0.25) is 5.02 Å². The van der Waals surface area contributed by atoms with Crippen LogP contribution in [-0.4, -0.2) is 20.7 Å². The second-order valence-corrected chi connectivity index (χ2v) is 4.78. The van der Waals surface area contributed by atoms with Crippen molar-refractivity contribution in [3.63, 3.8) is 0 Å². The van der Waals surface area contributed by atoms with E-state index in [0.29, 0.717) is 17.3 Å². The third kappa shape index (κ3) is 3.17. The van der Waals surface area contributed by atoms with E-state index in [1.165, 1.54) is 4.57 Å². The van der Waals surface area contributed by atoms with Gasteiger partial charge in [-0.25, -0.2) is 9.78 Å². The predicted molar refractivity (Wildman–Crippen MR) is 76.8 cm³/mol. The van der Waals surface area contributed by atoms with Crippen LogP contribution < -0.4 is 11.0 Å². The number of hydrogen-bond donors (Lipinski definition) is 1. The van der Waals surface area contributed by atoms with Gasteiger partial charge >= 0.3 is 5.69 Å². The van der Waals surface area contributed by atoms with Gasteiger partial charge < -0.3 is 9.88 Å². The molecule has 0 aliphatic carbocycles. The summed E-state index contributed by atoms with van der Waals surface area (Å²) < 4.78 is 3.10. The standard InChI is InChI=1S/C13H17ClN4O/c1-3-6-15-12-5-4-10(14)11(16-12)9-18-8-7-17(2)13(18)19/h4-5,7-8H,3,6,9H2,1-2H3,(H,15,16). The highest BCUT2D eigenvalue weighted by Crippen LogP contribution is 2.17. The summed E-state index contributed by atoms with van der Waals surface area (Å²) in [6.07, 6.45) is 4.47. The smallest absolute Gasteiger partial charge is 0.328 e. The summed E-state index contributed by atoms with van der Waals surface area (Å²) >= 11 is 6.13. The van der Waals surface area contributed by atoms with E-state index >= 15 is 0 Å². The Bertz CT molecular complexity index is 617. The fraction of sp³-hybridized carbons (Fsp3) is 0.385. The maximum absolute atomic E-state index is 11.8. The zero-order valence-electron chi connectivity index (χ0n) is 11.1. The Labute approximate surface area is 116 Å². The fourth-order valence-corrected chi connectivity index (χ4v) is 1.90. The highest BCUT2D eigenvalue weighted by Gasteiger charge is 2.07. The van der Waals surface area contributed by atoms with Gasteiger partial charge in [0.05, 0.1) is 17.3 Å². The van der Waals surface area contributed by atoms with E-state index in [9.17, 15) is 4.79 Å². The van der Waals surface area contributed by atoms with Gasteiger partial charge in [-0.05, 0) is 18.6 Å². The average Bonchev–Trinajstić information content (AvgIpc) is 2.71. The lowest BCUT2D eigenvalue weighted by Gasteiger charge is -2.08. The zero-order chi connectivity index (χ0) is 13.8. The molecule has 5 nitrogen and oxygen atoms in total. The molecule has 2 aromatic rings. The topological polar surface area (TPSA) is 51.9 Å². The van der Waals surface area contributed by atoms with Gasteiger partial charge in [-0.1, -0.05) is 18.5 Å². The van der Waals surface area contributed by atoms with Crippen molar-refractivity contribution in [1.29, 1.82) is 0 Å². The molecule has 6 heteroatoms. The van der Waals surface area contributed by atoms with Crippen molar-refractivity contribution in [2.75, 3.05) is 11.9 Å². The van der Waals surface area contributed by atoms with Crippen LogP contribution in [0.1, 0.15) is 19.0 Å². The first kappa shape index (κ1) is 13.7. The highest BCUT2D eigenvalue weighted by atomic mass is 35.5. The molecule has 1 N–H and O–H groups in total. The molecule has 0 unspecified atom stereocenters. The maximum atomic E-state index is 11.8. The van der Waals surface area contributed by atoms with E-state index in [-0.39, 0.29) is 5.69 Å². The number of pyridine rings is 1. The molecule has 2 heterocycles. The van der Waals surface area contributed by atoms with Crippen molar-refractivity contribution in [3.05, 3.63) is 45.7 Å². The van der Waals surface area contributed by atoms with Gasteiger partial charge in [0.15, 0.2) is 0 Å². The number of imidazole rings is 1. The van der Waals surface area contributed by atoms with Crippen molar-refractivity contribution in [1.82, 2.24) is 14.1 Å². The Hall–Kier alpha value is -1.75. The molecule has 102 valence electrons. The van der Waals surface area contributed by atoms with Crippen LogP contribution in [-0.2, 0) is 13.6 Å². The van der Waals surface area contributed by atoms with Crippen LogP contribution in [0.3, 0.4) is 0 Å². The van der Waals surface area contributed by atoms with Crippen LogP contribution in [0.5, 0.6) is 0 Å². The lowest BCUT2D eigenvalue weighted by atomic mass is 10.3. The van der Waals surface area contributed by atoms with Crippen molar-refractivity contribution in [2.24, 2.45) is 7.05 Å². The zero-order valence-corrected chi connectivity index (χ0v) is 11.8. The number of hydrogen-bond acceptors (Lipinski definition) is 3. The van der Waals surface area contributed by atoms with Gasteiger partial charge in [0.2, 0.25) is 0 Å². The lowest BCUT2D eigenvalue weighted by Crippen LogP contribution is -2.22. The number of anilines is 1. The highest BCUT2D eigenvalue weighted by molar-refractivity contribution is 6.31. The third-order valence-electron chi connectivity index (χ3n) is 2.81. The molecule has 0 saturated carbocycles. The molecule has 19 heavy (non-hydrogen) atoms. The van der Waals surface area contributed by atoms with Crippen LogP contribution in [0.15, 0.2) is 29.3 Å². The van der Waals surface area contributed by atoms with Gasteiger partial charge in [-0.3, -0.25) is 4.57 Å². The first-order chi connectivity index (χ1) is 9.11. The molecule has 0 spiro atoms. The Balaban J connectivity index is 2.24. The van der Waals surface area contributed by atoms with Gasteiger partial charge in [0.25, 0.3) is 0 Å². The summed E-state index contributed by atoms with van der Waals surface area (Å²) in [5, 5.41) is 3.77. The molecular formula is C13H17ClN4O. The molecule has 0 amide bonds. The first-order valence-corrected chi connectivity index (χ1v) is 6.60. The molecule has 0 aromatic carbocycles. The van der Waals surface area contributed by atoms with Crippen LogP contribution >= 0.6 is 11.6 Å². The monoisotopic (exact) mass is 280 g/mol. The molecule has 2 aromatic heterocycles. The van der Waals surface area contributed by atoms with E-state index in [4.69, 9.17) is 11.6 Å². The van der Waals surface area contributed by atoms with Gasteiger partial charge in [0.1, 0.15) is 5.82 Å². The van der Waals surface area contributed by atoms with Crippen molar-refractivity contribution >= 4 is 17.4 Å². The molecule has 0 aliphatic rings. The van der Waals surface area contributed by atoms with Crippen molar-refractivity contribution < 1.29 is 0 Å². The average molecular weight is 281 g/mol. The largest absolute Gasteiger partial charge is 0.370 e. The molecule has 2 rings (SSSR count). The maximum Gasteiger partial charge on any atom is 0.328 e. The van der Waals surface area contributed by atoms with Crippen LogP contribution in [0.4, 0.5) is 5.82 Å². The second kappa shape index (κ2) is 5.93. The fourth-order valence-electron chi connectivity index (χ4n) is 1.74. The van der Waals surface area contributed by atoms with Gasteiger partial charge in [0, 0.05) is 26.0 Å². The van der Waals surface area contributed by atoms with Crippen LogP contribution in [0, 0.1) is 0 Å². The quantitative estimate of drug-likeness (QED) is 0.913. The summed E-state index contributed by atoms with van der Waals surface area (Å²) in [6.45, 7) is 3.33. The van der Waals surface area contributed by atoms with E-state index in [1.807, 2.05) is 6.07 Å². The second-order valence-electron chi connectivity index (χ2n) is 4.37. The summed E-state index contributed by atoms with van der Waals surface area (Å²) in [4.78, 5) is 16.2. The van der Waals surface area contributed by atoms with Crippen molar-refractivity contribution in [3.8, 4) is 0 Å². The Kier molecular flexibility index (Phi) is 4.27. The molecule has 0 aliphatic heterocycles. The van der Waals surface area contributed by atoms with E-state index < -0.39 is 0 Å². The number of nitrogens with zero attached hydrogens (tertiary/aromatic N) is 3. The number of halogens is 1. The Morgan fingerprint density at radius 1 is 1.37 bits per heavy atom. The number of aromatic nitrogens is 3. The molecule has 0 bridgehead atoms. The van der Waals surface area contributed by atoms with Gasteiger partial charge in [-0.15, -0.1) is 0 Å². The molecule has 0 fully saturated rings. The summed E-state index contributed by atoms with van der Waals surface area (Å²) in [5.74, 6) is 0.783. The van der Waals surface area contributed by atoms with Crippen LogP contribution in [0.25, 0.3) is 0 Å². The van der Waals surface area contributed by atoms with Gasteiger partial charge in [-0.2, -0.15) is 0 Å². The predicted octanol–water partition coefficient (Wildman–Crippen LogP) is 2.11. The summed E-state index contributed by atoms with van der Waals surface area (Å²) in [6, 6.07) is 3.64. The van der Waals surface area contributed by atoms with E-state index in [1.54, 1.807) is 30.1 Å². The van der Waals surface area contributed by atoms with E-state index in [0.717, 1.165) is 18.8 Å². The minimum atomic E-state index is -0.0789. The number of rotatable bonds is 5. The number of aryl methyl sites for hydroxylation is 1. The SMILES string of the molecule is CCCNc1ccc(Cl)c(Cn2ccn(C)c2=O)n1. The van der Waals surface area contributed by atoms with Crippen molar-refractivity contribution in [2.45, 2.75) is 19.9 Å². The minimum absolute atomic E-state index is 0.0789. The third-order valence-corrected chi connectivity index (χ3v) is 3.16. The van der Waals surface area contributed by atoms with E-state index in [2.05, 4.69) is 17.2 Å². The molecule has 0 atom stereocenters. The first-order valence-electron chi connectivity index (χ1n) is 6.23. The molecular weight excluding hydrogens is 264 g/mol. The Morgan fingerprint density at radius 3 is 2.79 bits per heavy atom. The normalized spacial score (nSPS) is 10.7. The summed E-state index contributed by atoms with van der Waals surface area (Å²) in [5.41, 5.74) is 0.612.